The number of hydrogen-bond acceptors (Lipinski definition) is 4. The molecule has 0 aromatic heterocycles. The zero-order valence-corrected chi connectivity index (χ0v) is 16.6. The van der Waals surface area contributed by atoms with Gasteiger partial charge in [-0.2, -0.15) is 0 Å². The predicted molar refractivity (Wildman–Crippen MR) is 106 cm³/mol. The summed E-state index contributed by atoms with van der Waals surface area (Å²) in [5.41, 5.74) is 3.15. The molecule has 0 N–H and O–H groups in total. The lowest BCUT2D eigenvalue weighted by Gasteiger charge is -2.29. The summed E-state index contributed by atoms with van der Waals surface area (Å²) in [6.07, 6.45) is 2.73. The van der Waals surface area contributed by atoms with Crippen molar-refractivity contribution in [3.63, 3.8) is 0 Å². The van der Waals surface area contributed by atoms with Crippen molar-refractivity contribution in [3.05, 3.63) is 59.2 Å². The average molecular weight is 388 g/mol. The summed E-state index contributed by atoms with van der Waals surface area (Å²) in [5, 5.41) is 0. The van der Waals surface area contributed by atoms with Crippen LogP contribution in [0.2, 0.25) is 0 Å². The second-order valence-corrected chi connectivity index (χ2v) is 8.70. The van der Waals surface area contributed by atoms with Crippen LogP contribution >= 0.6 is 0 Å². The summed E-state index contributed by atoms with van der Waals surface area (Å²) in [5.74, 6) is 0.683. The van der Waals surface area contributed by atoms with Gasteiger partial charge in [-0.05, 0) is 54.3 Å². The van der Waals surface area contributed by atoms with Crippen molar-refractivity contribution in [2.24, 2.45) is 0 Å². The van der Waals surface area contributed by atoms with Gasteiger partial charge in [0.1, 0.15) is 5.75 Å². The minimum atomic E-state index is -3.31. The zero-order chi connectivity index (χ0) is 19.6. The third kappa shape index (κ3) is 4.24. The van der Waals surface area contributed by atoms with E-state index in [0.29, 0.717) is 24.3 Å². The van der Waals surface area contributed by atoms with Gasteiger partial charge in [0.05, 0.1) is 19.1 Å². The summed E-state index contributed by atoms with van der Waals surface area (Å²) in [6.45, 7) is 0.964. The molecule has 0 radical (unpaired) electrons. The molecule has 2 aromatic carbocycles. The van der Waals surface area contributed by atoms with E-state index in [2.05, 4.69) is 0 Å². The predicted octanol–water partition coefficient (Wildman–Crippen LogP) is 2.68. The van der Waals surface area contributed by atoms with Gasteiger partial charge in [0.2, 0.25) is 10.0 Å². The van der Waals surface area contributed by atoms with Crippen LogP contribution in [0.15, 0.2) is 42.5 Å². The maximum Gasteiger partial charge on any atom is 0.253 e. The molecule has 0 unspecified atom stereocenters. The van der Waals surface area contributed by atoms with Crippen molar-refractivity contribution in [1.82, 2.24) is 4.90 Å². The average Bonchev–Trinajstić information content (AvgIpc) is 2.66. The Bertz CT molecular complexity index is 939. The Balaban J connectivity index is 1.78. The van der Waals surface area contributed by atoms with Crippen LogP contribution in [0.1, 0.15) is 27.9 Å². The first kappa shape index (κ1) is 19.2. The molecule has 0 saturated heterocycles. The Hall–Kier alpha value is -2.54. The van der Waals surface area contributed by atoms with Gasteiger partial charge in [0, 0.05) is 25.7 Å². The molecule has 0 atom stereocenters. The maximum absolute atomic E-state index is 12.8. The monoisotopic (exact) mass is 388 g/mol. The van der Waals surface area contributed by atoms with Crippen LogP contribution in [0.25, 0.3) is 0 Å². The number of fused-ring (bicyclic) bond motifs is 1. The summed E-state index contributed by atoms with van der Waals surface area (Å²) in [7, 11) is 0.0680. The standard InChI is InChI=1S/C20H24N2O4S/c1-21(14-15-6-9-18(26-2)10-7-15)20(23)17-8-11-19-16(13-17)5-4-12-22(19)27(3,24)25/h6-11,13H,4-5,12,14H2,1-3H3. The van der Waals surface area contributed by atoms with E-state index in [1.165, 1.54) is 10.6 Å². The van der Waals surface area contributed by atoms with Crippen molar-refractivity contribution in [3.8, 4) is 5.75 Å². The third-order valence-corrected chi connectivity index (χ3v) is 5.91. The number of rotatable bonds is 5. The van der Waals surface area contributed by atoms with Crippen LogP contribution in [0.3, 0.4) is 0 Å². The van der Waals surface area contributed by atoms with Crippen LogP contribution in [0, 0.1) is 0 Å². The number of amides is 1. The van der Waals surface area contributed by atoms with Gasteiger partial charge >= 0.3 is 0 Å². The van der Waals surface area contributed by atoms with Gasteiger partial charge in [0.25, 0.3) is 5.91 Å². The van der Waals surface area contributed by atoms with Crippen molar-refractivity contribution in [2.75, 3.05) is 31.3 Å². The molecule has 6 nitrogen and oxygen atoms in total. The van der Waals surface area contributed by atoms with E-state index < -0.39 is 10.0 Å². The van der Waals surface area contributed by atoms with E-state index in [9.17, 15) is 13.2 Å². The molecule has 3 rings (SSSR count). The van der Waals surface area contributed by atoms with Crippen molar-refractivity contribution < 1.29 is 17.9 Å². The van der Waals surface area contributed by atoms with E-state index in [1.807, 2.05) is 30.3 Å². The topological polar surface area (TPSA) is 66.9 Å². The number of carbonyl (C=O) groups excluding carboxylic acids is 1. The van der Waals surface area contributed by atoms with Crippen molar-refractivity contribution in [1.29, 1.82) is 0 Å². The second kappa shape index (κ2) is 7.60. The second-order valence-electron chi connectivity index (χ2n) is 6.79. The van der Waals surface area contributed by atoms with Gasteiger partial charge in [-0.1, -0.05) is 12.1 Å². The fourth-order valence-electron chi connectivity index (χ4n) is 3.34. The van der Waals surface area contributed by atoms with Crippen LogP contribution in [0.5, 0.6) is 5.75 Å². The van der Waals surface area contributed by atoms with Gasteiger partial charge in [-0.3, -0.25) is 9.10 Å². The molecule has 0 spiro atoms. The highest BCUT2D eigenvalue weighted by atomic mass is 32.2. The summed E-state index contributed by atoms with van der Waals surface area (Å²) < 4.78 is 30.5. The number of benzene rings is 2. The molecule has 0 aliphatic carbocycles. The first-order valence-corrected chi connectivity index (χ1v) is 10.6. The number of aryl methyl sites for hydroxylation is 1. The highest BCUT2D eigenvalue weighted by Crippen LogP contribution is 2.30. The summed E-state index contributed by atoms with van der Waals surface area (Å²) >= 11 is 0. The molecule has 0 fully saturated rings. The Labute approximate surface area is 160 Å². The highest BCUT2D eigenvalue weighted by molar-refractivity contribution is 7.92. The van der Waals surface area contributed by atoms with E-state index in [-0.39, 0.29) is 5.91 Å². The van der Waals surface area contributed by atoms with Gasteiger partial charge in [-0.15, -0.1) is 0 Å². The van der Waals surface area contributed by atoms with Crippen LogP contribution in [0.4, 0.5) is 5.69 Å². The van der Waals surface area contributed by atoms with E-state index >= 15 is 0 Å². The molecule has 0 saturated carbocycles. The number of methoxy groups -OCH3 is 1. The smallest absolute Gasteiger partial charge is 0.253 e. The number of carbonyl (C=O) groups is 1. The number of anilines is 1. The number of nitrogens with zero attached hydrogens (tertiary/aromatic N) is 2. The van der Waals surface area contributed by atoms with Gasteiger partial charge < -0.3 is 9.64 Å². The Kier molecular flexibility index (Phi) is 5.41. The normalized spacial score (nSPS) is 13.8. The first-order valence-electron chi connectivity index (χ1n) is 8.78. The molecule has 1 amide bonds. The van der Waals surface area contributed by atoms with Crippen LogP contribution < -0.4 is 9.04 Å². The fraction of sp³-hybridized carbons (Fsp3) is 0.350. The van der Waals surface area contributed by atoms with Crippen molar-refractivity contribution >= 4 is 21.6 Å². The molecule has 1 aliphatic heterocycles. The molecule has 27 heavy (non-hydrogen) atoms. The van der Waals surface area contributed by atoms with Crippen molar-refractivity contribution in [2.45, 2.75) is 19.4 Å². The highest BCUT2D eigenvalue weighted by Gasteiger charge is 2.25. The minimum absolute atomic E-state index is 0.0925. The Morgan fingerprint density at radius 3 is 2.52 bits per heavy atom. The fourth-order valence-corrected chi connectivity index (χ4v) is 4.33. The Morgan fingerprint density at radius 1 is 1.19 bits per heavy atom. The Morgan fingerprint density at radius 2 is 1.89 bits per heavy atom. The molecule has 1 heterocycles. The molecular formula is C20H24N2O4S. The van der Waals surface area contributed by atoms with Gasteiger partial charge in [-0.25, -0.2) is 8.42 Å². The minimum Gasteiger partial charge on any atom is -0.497 e. The molecular weight excluding hydrogens is 364 g/mol. The molecule has 2 aromatic rings. The number of sulfonamides is 1. The van der Waals surface area contributed by atoms with E-state index in [0.717, 1.165) is 29.7 Å². The number of hydrogen-bond donors (Lipinski definition) is 0. The first-order chi connectivity index (χ1) is 12.8. The lowest BCUT2D eigenvalue weighted by atomic mass is 10.00. The molecule has 144 valence electrons. The zero-order valence-electron chi connectivity index (χ0n) is 15.8. The molecule has 1 aliphatic rings. The number of ether oxygens (including phenoxy) is 1. The molecule has 7 heteroatoms. The van der Waals surface area contributed by atoms with Crippen LogP contribution in [-0.4, -0.2) is 46.2 Å². The summed E-state index contributed by atoms with van der Waals surface area (Å²) in [4.78, 5) is 14.5. The SMILES string of the molecule is COc1ccc(CN(C)C(=O)c2ccc3c(c2)CCCN3S(C)(=O)=O)cc1. The quantitative estimate of drug-likeness (QED) is 0.790. The van der Waals surface area contributed by atoms with E-state index in [4.69, 9.17) is 4.74 Å². The largest absolute Gasteiger partial charge is 0.497 e. The lowest BCUT2D eigenvalue weighted by Crippen LogP contribution is -2.35. The van der Waals surface area contributed by atoms with Crippen LogP contribution in [-0.2, 0) is 23.0 Å². The van der Waals surface area contributed by atoms with E-state index in [1.54, 1.807) is 31.2 Å². The maximum atomic E-state index is 12.8. The lowest BCUT2D eigenvalue weighted by molar-refractivity contribution is 0.0785. The van der Waals surface area contributed by atoms with Gasteiger partial charge in [0.15, 0.2) is 0 Å². The molecule has 0 bridgehead atoms. The summed E-state index contributed by atoms with van der Waals surface area (Å²) in [6, 6.07) is 12.9. The third-order valence-electron chi connectivity index (χ3n) is 4.73.